The van der Waals surface area contributed by atoms with Crippen molar-refractivity contribution >= 4 is 66.2 Å². The highest BCUT2D eigenvalue weighted by atomic mass is 79.9. The van der Waals surface area contributed by atoms with Crippen LogP contribution in [0.25, 0.3) is 11.4 Å². The van der Waals surface area contributed by atoms with Gasteiger partial charge in [-0.05, 0) is 53.7 Å². The predicted molar refractivity (Wildman–Crippen MR) is 127 cm³/mol. The lowest BCUT2D eigenvalue weighted by atomic mass is 10.1. The third-order valence-electron chi connectivity index (χ3n) is 4.46. The molecule has 2 N–H and O–H groups in total. The van der Waals surface area contributed by atoms with Crippen molar-refractivity contribution in [2.75, 3.05) is 16.7 Å². The van der Waals surface area contributed by atoms with Crippen LogP contribution in [0.15, 0.2) is 63.3 Å². The minimum atomic E-state index is -3.86. The van der Waals surface area contributed by atoms with Gasteiger partial charge in [0.25, 0.3) is 15.9 Å². The second-order valence-electron chi connectivity index (χ2n) is 6.48. The number of rotatable bonds is 6. The lowest BCUT2D eigenvalue weighted by Crippen LogP contribution is -2.26. The van der Waals surface area contributed by atoms with E-state index in [9.17, 15) is 13.2 Å². The molecule has 0 aliphatic carbocycles. The molecule has 2 aromatic carbocycles. The molecule has 2 aromatic heterocycles. The van der Waals surface area contributed by atoms with Crippen LogP contribution >= 0.6 is 38.9 Å². The van der Waals surface area contributed by atoms with E-state index >= 15 is 0 Å². The molecule has 4 rings (SSSR count). The molecule has 13 heteroatoms. The van der Waals surface area contributed by atoms with Crippen molar-refractivity contribution in [3.8, 4) is 11.4 Å². The number of carbonyl (C=O) groups excluding carboxylic acids is 1. The van der Waals surface area contributed by atoms with Crippen molar-refractivity contribution in [3.63, 3.8) is 0 Å². The molecular formula is C19H14BrClN6O3S2. The summed E-state index contributed by atoms with van der Waals surface area (Å²) in [4.78, 5) is 13.1. The lowest BCUT2D eigenvalue weighted by Gasteiger charge is -2.18. The van der Waals surface area contributed by atoms with E-state index in [1.807, 2.05) is 0 Å². The number of aromatic amines is 1. The molecule has 0 aliphatic heterocycles. The van der Waals surface area contributed by atoms with Crippen LogP contribution in [0.2, 0.25) is 5.02 Å². The lowest BCUT2D eigenvalue weighted by molar-refractivity contribution is 0.103. The van der Waals surface area contributed by atoms with Gasteiger partial charge in [0.15, 0.2) is 0 Å². The Morgan fingerprint density at radius 1 is 1.19 bits per heavy atom. The van der Waals surface area contributed by atoms with Crippen LogP contribution in [0.1, 0.15) is 9.67 Å². The van der Waals surface area contributed by atoms with Crippen molar-refractivity contribution < 1.29 is 13.2 Å². The third kappa shape index (κ3) is 4.53. The number of aromatic nitrogens is 4. The van der Waals surface area contributed by atoms with Crippen LogP contribution in [0, 0.1) is 0 Å². The number of amides is 1. The van der Waals surface area contributed by atoms with Gasteiger partial charge >= 0.3 is 0 Å². The first-order valence-electron chi connectivity index (χ1n) is 8.93. The molecular weight excluding hydrogens is 540 g/mol. The summed E-state index contributed by atoms with van der Waals surface area (Å²) in [5.74, 6) is -0.154. The van der Waals surface area contributed by atoms with Gasteiger partial charge in [0.2, 0.25) is 5.82 Å². The highest BCUT2D eigenvalue weighted by Gasteiger charge is 2.24. The van der Waals surface area contributed by atoms with Crippen LogP contribution in [-0.4, -0.2) is 42.0 Å². The molecule has 0 aliphatic rings. The van der Waals surface area contributed by atoms with Crippen LogP contribution in [0.3, 0.4) is 0 Å². The van der Waals surface area contributed by atoms with Crippen LogP contribution in [0.4, 0.5) is 11.4 Å². The topological polar surface area (TPSA) is 121 Å². The summed E-state index contributed by atoms with van der Waals surface area (Å²) in [6.07, 6.45) is 0. The number of nitrogens with zero attached hydrogens (tertiary/aromatic N) is 4. The van der Waals surface area contributed by atoms with Crippen molar-refractivity contribution in [1.82, 2.24) is 20.6 Å². The fraction of sp³-hybridized carbons (Fsp3) is 0.0526. The van der Waals surface area contributed by atoms with Crippen LogP contribution in [-0.2, 0) is 10.0 Å². The molecule has 164 valence electrons. The number of halogens is 2. The second-order valence-corrected chi connectivity index (χ2v) is 10.7. The second kappa shape index (κ2) is 8.98. The Kier molecular flexibility index (Phi) is 6.29. The third-order valence-corrected chi connectivity index (χ3v) is 8.05. The van der Waals surface area contributed by atoms with E-state index in [1.54, 1.807) is 42.5 Å². The summed E-state index contributed by atoms with van der Waals surface area (Å²) in [6, 6.07) is 12.9. The predicted octanol–water partition coefficient (Wildman–Crippen LogP) is 4.42. The fourth-order valence-corrected chi connectivity index (χ4v) is 5.63. The summed E-state index contributed by atoms with van der Waals surface area (Å²) < 4.78 is 27.9. The molecule has 0 unspecified atom stereocenters. The van der Waals surface area contributed by atoms with E-state index < -0.39 is 15.9 Å². The van der Waals surface area contributed by atoms with Gasteiger partial charge in [-0.25, -0.2) is 8.42 Å². The molecule has 0 atom stereocenters. The summed E-state index contributed by atoms with van der Waals surface area (Å²) in [7, 11) is -2.42. The normalized spacial score (nSPS) is 11.3. The van der Waals surface area contributed by atoms with Gasteiger partial charge in [-0.3, -0.25) is 9.10 Å². The zero-order valence-electron chi connectivity index (χ0n) is 16.3. The maximum atomic E-state index is 13.0. The van der Waals surface area contributed by atoms with Crippen molar-refractivity contribution in [2.24, 2.45) is 0 Å². The first-order valence-corrected chi connectivity index (χ1v) is 12.4. The number of tetrazole rings is 1. The molecule has 32 heavy (non-hydrogen) atoms. The molecule has 9 nitrogen and oxygen atoms in total. The first kappa shape index (κ1) is 22.4. The van der Waals surface area contributed by atoms with Gasteiger partial charge in [0.1, 0.15) is 0 Å². The maximum Gasteiger partial charge on any atom is 0.265 e. The minimum Gasteiger partial charge on any atom is -0.321 e. The zero-order chi connectivity index (χ0) is 22.9. The zero-order valence-corrected chi connectivity index (χ0v) is 20.3. The van der Waals surface area contributed by atoms with Gasteiger partial charge in [-0.2, -0.15) is 5.21 Å². The number of thiophene rings is 1. The van der Waals surface area contributed by atoms with Crippen molar-refractivity contribution in [1.29, 1.82) is 0 Å². The summed E-state index contributed by atoms with van der Waals surface area (Å²) in [5.41, 5.74) is 1.45. The molecule has 2 heterocycles. The van der Waals surface area contributed by atoms with E-state index in [0.29, 0.717) is 27.8 Å². The van der Waals surface area contributed by atoms with E-state index in [4.69, 9.17) is 11.6 Å². The molecule has 0 spiro atoms. The Labute approximate surface area is 200 Å². The summed E-state index contributed by atoms with van der Waals surface area (Å²) in [6.45, 7) is 0. The van der Waals surface area contributed by atoms with Gasteiger partial charge in [0.05, 0.1) is 21.1 Å². The minimum absolute atomic E-state index is 0.0132. The van der Waals surface area contributed by atoms with E-state index in [-0.39, 0.29) is 9.77 Å². The number of benzene rings is 2. The van der Waals surface area contributed by atoms with Gasteiger partial charge in [0, 0.05) is 27.5 Å². The molecule has 0 saturated carbocycles. The fourth-order valence-electron chi connectivity index (χ4n) is 2.79. The molecule has 0 fully saturated rings. The number of nitrogens with one attached hydrogen (secondary N) is 2. The van der Waals surface area contributed by atoms with Gasteiger partial charge in [-0.1, -0.05) is 27.5 Å². The first-order chi connectivity index (χ1) is 15.3. The molecule has 4 aromatic rings. The van der Waals surface area contributed by atoms with Crippen LogP contribution < -0.4 is 9.62 Å². The van der Waals surface area contributed by atoms with E-state index in [1.165, 1.54) is 18.5 Å². The molecule has 1 amide bonds. The number of hydrogen-bond donors (Lipinski definition) is 2. The Balaban J connectivity index is 1.58. The van der Waals surface area contributed by atoms with E-state index in [2.05, 4.69) is 41.9 Å². The highest BCUT2D eigenvalue weighted by Crippen LogP contribution is 2.30. The summed E-state index contributed by atoms with van der Waals surface area (Å²) >= 11 is 10.3. The monoisotopic (exact) mass is 552 g/mol. The number of H-pyrrole nitrogens is 1. The van der Waals surface area contributed by atoms with Crippen molar-refractivity contribution in [3.05, 3.63) is 68.3 Å². The maximum absolute atomic E-state index is 13.0. The van der Waals surface area contributed by atoms with Crippen molar-refractivity contribution in [2.45, 2.75) is 4.90 Å². The quantitative estimate of drug-likeness (QED) is 0.365. The standard InChI is InChI=1S/C19H14BrClN6O3S2/c1-27(13-5-3-12(21)4-6-13)32(29,30)14-9-17(31-10-14)19(28)22-16-7-2-11(20)8-15(16)18-23-25-26-24-18/h2-10H,1H3,(H,22,28)(H,23,24,25,26). The SMILES string of the molecule is CN(c1ccc(Cl)cc1)S(=O)(=O)c1csc(C(=O)Nc2ccc(Br)cc2-c2nn[nH]n2)c1. The smallest absolute Gasteiger partial charge is 0.265 e. The molecule has 0 bridgehead atoms. The van der Waals surface area contributed by atoms with Crippen LogP contribution in [0.5, 0.6) is 0 Å². The average molecular weight is 554 g/mol. The number of sulfonamides is 1. The number of hydrogen-bond acceptors (Lipinski definition) is 7. The largest absolute Gasteiger partial charge is 0.321 e. The van der Waals surface area contributed by atoms with Gasteiger partial charge in [-0.15, -0.1) is 21.5 Å². The molecule has 0 saturated heterocycles. The average Bonchev–Trinajstić information content (AvgIpc) is 3.48. The Bertz CT molecular complexity index is 1370. The Morgan fingerprint density at radius 3 is 2.62 bits per heavy atom. The highest BCUT2D eigenvalue weighted by molar-refractivity contribution is 9.10. The summed E-state index contributed by atoms with van der Waals surface area (Å²) in [5, 5.41) is 18.5. The number of anilines is 2. The Morgan fingerprint density at radius 2 is 1.94 bits per heavy atom. The van der Waals surface area contributed by atoms with Gasteiger partial charge < -0.3 is 5.32 Å². The molecule has 0 radical (unpaired) electrons. The van der Waals surface area contributed by atoms with E-state index in [0.717, 1.165) is 20.1 Å². The number of carbonyl (C=O) groups is 1. The Hall–Kier alpha value is -2.80.